The summed E-state index contributed by atoms with van der Waals surface area (Å²) in [5, 5.41) is 2.65. The van der Waals surface area contributed by atoms with Gasteiger partial charge in [0, 0.05) is 17.3 Å². The maximum Gasteiger partial charge on any atom is 0.411 e. The molecular weight excluding hydrogens is 342 g/mol. The highest BCUT2D eigenvalue weighted by Gasteiger charge is 2.18. The second kappa shape index (κ2) is 9.12. The minimum Gasteiger partial charge on any atom is -0.496 e. The molecule has 0 saturated carbocycles. The monoisotopic (exact) mass is 369 g/mol. The number of para-hydroxylation sites is 1. The summed E-state index contributed by atoms with van der Waals surface area (Å²) < 4.78 is 16.4. The highest BCUT2D eigenvalue weighted by atomic mass is 16.5. The number of hydrogen-bond donors (Lipinski definition) is 1. The summed E-state index contributed by atoms with van der Waals surface area (Å²) in [5.41, 5.74) is 2.60. The fourth-order valence-electron chi connectivity index (χ4n) is 2.60. The van der Waals surface area contributed by atoms with Gasteiger partial charge in [-0.2, -0.15) is 0 Å². The van der Waals surface area contributed by atoms with Crippen LogP contribution in [0.2, 0.25) is 0 Å². The Labute approximate surface area is 161 Å². The lowest BCUT2D eigenvalue weighted by Gasteiger charge is -2.23. The number of hydrogen-bond acceptors (Lipinski definition) is 4. The molecule has 1 N–H and O–H groups in total. The predicted molar refractivity (Wildman–Crippen MR) is 108 cm³/mol. The molecule has 0 aromatic heterocycles. The lowest BCUT2D eigenvalue weighted by Crippen LogP contribution is -2.14. The molecule has 0 radical (unpaired) electrons. The van der Waals surface area contributed by atoms with Crippen LogP contribution in [0.15, 0.2) is 55.1 Å². The van der Waals surface area contributed by atoms with Crippen LogP contribution in [0.3, 0.4) is 0 Å². The lowest BCUT2D eigenvalue weighted by atomic mass is 9.86. The Kier molecular flexibility index (Phi) is 6.88. The molecule has 0 heterocycles. The highest BCUT2D eigenvalue weighted by molar-refractivity contribution is 5.85. The third-order valence-electron chi connectivity index (χ3n) is 3.94. The minimum absolute atomic E-state index is 0.0136. The van der Waals surface area contributed by atoms with Crippen molar-refractivity contribution in [1.29, 1.82) is 0 Å². The minimum atomic E-state index is -0.542. The van der Waals surface area contributed by atoms with E-state index in [9.17, 15) is 4.79 Å². The van der Waals surface area contributed by atoms with Gasteiger partial charge in [-0.1, -0.05) is 51.6 Å². The zero-order valence-electron chi connectivity index (χ0n) is 16.4. The van der Waals surface area contributed by atoms with Crippen molar-refractivity contribution >= 4 is 11.8 Å². The number of ether oxygens (including phenoxy) is 3. The van der Waals surface area contributed by atoms with Crippen molar-refractivity contribution < 1.29 is 19.0 Å². The summed E-state index contributed by atoms with van der Waals surface area (Å²) in [6.45, 7) is 10.5. The number of benzene rings is 2. The maximum absolute atomic E-state index is 11.7. The average Bonchev–Trinajstić information content (AvgIpc) is 2.64. The molecule has 0 saturated heterocycles. The van der Waals surface area contributed by atoms with Crippen LogP contribution < -0.4 is 14.8 Å². The summed E-state index contributed by atoms with van der Waals surface area (Å²) in [6.07, 6.45) is 0.968. The van der Waals surface area contributed by atoms with Crippen molar-refractivity contribution in [3.63, 3.8) is 0 Å². The number of anilines is 1. The molecule has 2 aromatic carbocycles. The molecule has 0 aliphatic rings. The van der Waals surface area contributed by atoms with Gasteiger partial charge < -0.3 is 14.2 Å². The van der Waals surface area contributed by atoms with Crippen LogP contribution in [0.25, 0.3) is 0 Å². The Morgan fingerprint density at radius 3 is 2.56 bits per heavy atom. The first kappa shape index (κ1) is 20.4. The largest absolute Gasteiger partial charge is 0.496 e. The predicted octanol–water partition coefficient (Wildman–Crippen LogP) is 5.31. The average molecular weight is 369 g/mol. The van der Waals surface area contributed by atoms with Crippen LogP contribution >= 0.6 is 0 Å². The first-order chi connectivity index (χ1) is 12.8. The van der Waals surface area contributed by atoms with Gasteiger partial charge in [-0.15, -0.1) is 0 Å². The third-order valence-corrected chi connectivity index (χ3v) is 3.94. The van der Waals surface area contributed by atoms with Gasteiger partial charge in [0.25, 0.3) is 0 Å². The number of carbonyl (C=O) groups is 1. The van der Waals surface area contributed by atoms with E-state index in [1.807, 2.05) is 24.3 Å². The molecule has 0 aliphatic heterocycles. The zero-order valence-corrected chi connectivity index (χ0v) is 16.4. The molecule has 1 amide bonds. The maximum atomic E-state index is 11.7. The van der Waals surface area contributed by atoms with Crippen LogP contribution in [-0.2, 0) is 16.8 Å². The molecule has 27 heavy (non-hydrogen) atoms. The molecule has 0 fully saturated rings. The van der Waals surface area contributed by atoms with Gasteiger partial charge in [0.2, 0.25) is 0 Å². The summed E-state index contributed by atoms with van der Waals surface area (Å²) in [5.74, 6) is 1.48. The van der Waals surface area contributed by atoms with Crippen molar-refractivity contribution in [3.05, 3.63) is 66.2 Å². The Hall–Kier alpha value is -2.95. The van der Waals surface area contributed by atoms with Crippen LogP contribution in [0.4, 0.5) is 10.5 Å². The Bertz CT molecular complexity index is 793. The van der Waals surface area contributed by atoms with Gasteiger partial charge in [0.1, 0.15) is 24.7 Å². The first-order valence-corrected chi connectivity index (χ1v) is 8.79. The SMILES string of the molecule is C=CCOC(=O)Nc1ccc(COc2ccccc2C(C)(C)C)c(OC)c1. The van der Waals surface area contributed by atoms with Gasteiger partial charge in [0.15, 0.2) is 0 Å². The summed E-state index contributed by atoms with van der Waals surface area (Å²) in [4.78, 5) is 11.7. The molecule has 144 valence electrons. The van der Waals surface area contributed by atoms with Gasteiger partial charge in [0.05, 0.1) is 7.11 Å². The van der Waals surface area contributed by atoms with Crippen molar-refractivity contribution in [2.45, 2.75) is 32.8 Å². The van der Waals surface area contributed by atoms with Gasteiger partial charge >= 0.3 is 6.09 Å². The Morgan fingerprint density at radius 2 is 1.89 bits per heavy atom. The smallest absolute Gasteiger partial charge is 0.411 e. The van der Waals surface area contributed by atoms with E-state index in [-0.39, 0.29) is 12.0 Å². The molecule has 2 rings (SSSR count). The second-order valence-corrected chi connectivity index (χ2v) is 7.07. The summed E-state index contributed by atoms with van der Waals surface area (Å²) >= 11 is 0. The first-order valence-electron chi connectivity index (χ1n) is 8.79. The van der Waals surface area contributed by atoms with E-state index in [0.717, 1.165) is 16.9 Å². The van der Waals surface area contributed by atoms with Crippen molar-refractivity contribution in [2.75, 3.05) is 19.0 Å². The van der Waals surface area contributed by atoms with E-state index >= 15 is 0 Å². The molecule has 0 spiro atoms. The molecular formula is C22H27NO4. The molecule has 0 aliphatic carbocycles. The molecule has 0 unspecified atom stereocenters. The molecule has 0 bridgehead atoms. The van der Waals surface area contributed by atoms with Gasteiger partial charge in [-0.3, -0.25) is 5.32 Å². The number of nitrogens with one attached hydrogen (secondary N) is 1. The molecule has 5 nitrogen and oxygen atoms in total. The van der Waals surface area contributed by atoms with Crippen LogP contribution in [0.5, 0.6) is 11.5 Å². The summed E-state index contributed by atoms with van der Waals surface area (Å²) in [7, 11) is 1.59. The fourth-order valence-corrected chi connectivity index (χ4v) is 2.60. The van der Waals surface area contributed by atoms with Crippen LogP contribution in [0, 0.1) is 0 Å². The highest BCUT2D eigenvalue weighted by Crippen LogP contribution is 2.32. The number of rotatable bonds is 7. The van der Waals surface area contributed by atoms with E-state index in [1.54, 1.807) is 19.2 Å². The third kappa shape index (κ3) is 5.78. The standard InChI is InChI=1S/C22H27NO4/c1-6-13-26-21(24)23-17-12-11-16(20(14-17)25-5)15-27-19-10-8-7-9-18(19)22(2,3)4/h6-12,14H,1,13,15H2,2-5H3,(H,23,24). The fraction of sp³-hybridized carbons (Fsp3) is 0.318. The quantitative estimate of drug-likeness (QED) is 0.672. The molecule has 0 atom stereocenters. The number of methoxy groups -OCH3 is 1. The van der Waals surface area contributed by atoms with Crippen molar-refractivity contribution in [2.24, 2.45) is 0 Å². The van der Waals surface area contributed by atoms with Crippen molar-refractivity contribution in [3.8, 4) is 11.5 Å². The Balaban J connectivity index is 2.12. The van der Waals surface area contributed by atoms with Crippen molar-refractivity contribution in [1.82, 2.24) is 0 Å². The summed E-state index contributed by atoms with van der Waals surface area (Å²) in [6, 6.07) is 13.4. The number of carbonyl (C=O) groups excluding carboxylic acids is 1. The second-order valence-electron chi connectivity index (χ2n) is 7.07. The van der Waals surface area contributed by atoms with E-state index in [0.29, 0.717) is 18.0 Å². The lowest BCUT2D eigenvalue weighted by molar-refractivity contribution is 0.174. The van der Waals surface area contributed by atoms with E-state index in [1.165, 1.54) is 6.08 Å². The topological polar surface area (TPSA) is 56.8 Å². The van der Waals surface area contributed by atoms with E-state index in [2.05, 4.69) is 38.7 Å². The van der Waals surface area contributed by atoms with Crippen LogP contribution in [0.1, 0.15) is 31.9 Å². The normalized spacial score (nSPS) is 10.8. The van der Waals surface area contributed by atoms with E-state index in [4.69, 9.17) is 14.2 Å². The Morgan fingerprint density at radius 1 is 1.15 bits per heavy atom. The zero-order chi connectivity index (χ0) is 19.9. The molecule has 2 aromatic rings. The number of amides is 1. The molecule has 5 heteroatoms. The van der Waals surface area contributed by atoms with Gasteiger partial charge in [-0.25, -0.2) is 4.79 Å². The van der Waals surface area contributed by atoms with E-state index < -0.39 is 6.09 Å². The van der Waals surface area contributed by atoms with Gasteiger partial charge in [-0.05, 0) is 29.2 Å². The van der Waals surface area contributed by atoms with Crippen LogP contribution in [-0.4, -0.2) is 19.8 Å².